The Hall–Kier alpha value is -2.98. The molecule has 10 heteroatoms. The predicted octanol–water partition coefficient (Wildman–Crippen LogP) is 3.45. The number of aromatic nitrogens is 5. The van der Waals surface area contributed by atoms with Crippen LogP contribution in [0.2, 0.25) is 0 Å². The number of thiazole rings is 1. The van der Waals surface area contributed by atoms with E-state index in [9.17, 15) is 14.3 Å². The van der Waals surface area contributed by atoms with Gasteiger partial charge in [-0.3, -0.25) is 9.78 Å². The number of nitrogens with zero attached hydrogens (tertiary/aromatic N) is 5. The summed E-state index contributed by atoms with van der Waals surface area (Å²) in [6, 6.07) is 3.76. The Kier molecular flexibility index (Phi) is 4.48. The van der Waals surface area contributed by atoms with Crippen LogP contribution in [0, 0.1) is 12.8 Å². The first kappa shape index (κ1) is 19.0. The van der Waals surface area contributed by atoms with Crippen LogP contribution in [0.4, 0.5) is 9.52 Å². The second kappa shape index (κ2) is 7.06. The largest absolute Gasteiger partial charge is 0.387 e. The molecule has 154 valence electrons. The second-order valence-corrected chi connectivity index (χ2v) is 8.44. The van der Waals surface area contributed by atoms with Crippen LogP contribution >= 0.6 is 11.3 Å². The Balaban J connectivity index is 1.59. The number of carbonyl (C=O) groups excluding carboxylic acids is 1. The van der Waals surface area contributed by atoms with E-state index in [0.29, 0.717) is 28.4 Å². The Morgan fingerprint density at radius 3 is 2.90 bits per heavy atom. The SMILES string of the molecule is CC[C@H](O)c1cc(C)c(-c2cc3nc(NC(=O)[C@H]4C[C@H]4F)sc3n3ncnc23)cn1. The summed E-state index contributed by atoms with van der Waals surface area (Å²) in [5, 5.41) is 17.5. The van der Waals surface area contributed by atoms with Crippen molar-refractivity contribution in [2.45, 2.75) is 39.0 Å². The van der Waals surface area contributed by atoms with Crippen molar-refractivity contribution in [3.05, 3.63) is 35.9 Å². The minimum atomic E-state index is -1.06. The lowest BCUT2D eigenvalue weighted by atomic mass is 10.0. The highest BCUT2D eigenvalue weighted by Crippen LogP contribution is 2.37. The Morgan fingerprint density at radius 2 is 2.20 bits per heavy atom. The van der Waals surface area contributed by atoms with E-state index < -0.39 is 18.2 Å². The van der Waals surface area contributed by atoms with E-state index in [-0.39, 0.29) is 12.3 Å². The van der Waals surface area contributed by atoms with Gasteiger partial charge in [-0.2, -0.15) is 5.10 Å². The van der Waals surface area contributed by atoms with Gasteiger partial charge < -0.3 is 10.4 Å². The zero-order valence-electron chi connectivity index (χ0n) is 16.3. The fraction of sp³-hybridized carbons (Fsp3) is 0.350. The highest BCUT2D eigenvalue weighted by atomic mass is 32.1. The molecule has 3 atom stereocenters. The number of rotatable bonds is 5. The van der Waals surface area contributed by atoms with Gasteiger partial charge in [-0.05, 0) is 37.5 Å². The third kappa shape index (κ3) is 3.12. The summed E-state index contributed by atoms with van der Waals surface area (Å²) in [4.78, 5) is 26.1. The molecule has 0 bridgehead atoms. The summed E-state index contributed by atoms with van der Waals surface area (Å²) < 4.78 is 14.8. The Labute approximate surface area is 174 Å². The molecule has 0 spiro atoms. The van der Waals surface area contributed by atoms with Gasteiger partial charge in [0.15, 0.2) is 10.8 Å². The van der Waals surface area contributed by atoms with E-state index in [4.69, 9.17) is 0 Å². The Morgan fingerprint density at radius 1 is 1.40 bits per heavy atom. The lowest BCUT2D eigenvalue weighted by Crippen LogP contribution is -2.14. The lowest BCUT2D eigenvalue weighted by molar-refractivity contribution is -0.117. The molecule has 5 rings (SSSR count). The molecular weight excluding hydrogens is 407 g/mol. The van der Waals surface area contributed by atoms with Crippen molar-refractivity contribution in [2.24, 2.45) is 5.92 Å². The average molecular weight is 426 g/mol. The van der Waals surface area contributed by atoms with E-state index in [1.54, 1.807) is 10.7 Å². The van der Waals surface area contributed by atoms with Gasteiger partial charge in [-0.1, -0.05) is 18.3 Å². The van der Waals surface area contributed by atoms with Gasteiger partial charge in [0.2, 0.25) is 5.91 Å². The van der Waals surface area contributed by atoms with Crippen molar-refractivity contribution in [3.63, 3.8) is 0 Å². The number of anilines is 1. The quantitative estimate of drug-likeness (QED) is 0.506. The molecule has 1 aliphatic rings. The van der Waals surface area contributed by atoms with Gasteiger partial charge in [0.1, 0.15) is 22.8 Å². The molecule has 4 aromatic rings. The number of aliphatic hydroxyl groups is 1. The highest BCUT2D eigenvalue weighted by Gasteiger charge is 2.43. The molecule has 8 nitrogen and oxygen atoms in total. The van der Waals surface area contributed by atoms with Gasteiger partial charge in [0.25, 0.3) is 0 Å². The van der Waals surface area contributed by atoms with Gasteiger partial charge >= 0.3 is 0 Å². The molecule has 1 amide bonds. The van der Waals surface area contributed by atoms with E-state index in [2.05, 4.69) is 25.4 Å². The van der Waals surface area contributed by atoms with Crippen LogP contribution in [0.3, 0.4) is 0 Å². The fourth-order valence-corrected chi connectivity index (χ4v) is 4.39. The number of fused-ring (bicyclic) bond motifs is 3. The second-order valence-electron chi connectivity index (χ2n) is 7.46. The van der Waals surface area contributed by atoms with E-state index >= 15 is 0 Å². The number of nitrogens with one attached hydrogen (secondary N) is 1. The minimum Gasteiger partial charge on any atom is -0.387 e. The van der Waals surface area contributed by atoms with Crippen molar-refractivity contribution >= 4 is 38.4 Å². The van der Waals surface area contributed by atoms with Gasteiger partial charge in [-0.15, -0.1) is 0 Å². The molecule has 1 aliphatic carbocycles. The molecule has 0 aliphatic heterocycles. The smallest absolute Gasteiger partial charge is 0.232 e. The molecule has 0 unspecified atom stereocenters. The van der Waals surface area contributed by atoms with Crippen LogP contribution in [0.1, 0.15) is 37.1 Å². The molecule has 0 radical (unpaired) electrons. The molecule has 0 aromatic carbocycles. The van der Waals surface area contributed by atoms with Crippen molar-refractivity contribution in [1.82, 2.24) is 24.6 Å². The molecule has 2 N–H and O–H groups in total. The third-order valence-electron chi connectivity index (χ3n) is 5.33. The normalized spacial score (nSPS) is 19.3. The fourth-order valence-electron chi connectivity index (χ4n) is 3.48. The summed E-state index contributed by atoms with van der Waals surface area (Å²) in [6.07, 6.45) is 2.38. The van der Waals surface area contributed by atoms with Gasteiger partial charge in [0.05, 0.1) is 17.7 Å². The maximum atomic E-state index is 13.2. The number of aryl methyl sites for hydroxylation is 1. The first-order valence-corrected chi connectivity index (χ1v) is 10.5. The highest BCUT2D eigenvalue weighted by molar-refractivity contribution is 7.22. The van der Waals surface area contributed by atoms with Gasteiger partial charge in [-0.25, -0.2) is 18.9 Å². The molecule has 4 heterocycles. The summed E-state index contributed by atoms with van der Waals surface area (Å²) in [5.41, 5.74) is 4.53. The van der Waals surface area contributed by atoms with Crippen LogP contribution in [0.25, 0.3) is 27.1 Å². The van der Waals surface area contributed by atoms with Crippen LogP contribution < -0.4 is 5.32 Å². The van der Waals surface area contributed by atoms with Crippen LogP contribution in [-0.2, 0) is 4.79 Å². The van der Waals surface area contributed by atoms with Crippen molar-refractivity contribution < 1.29 is 14.3 Å². The number of hydrogen-bond donors (Lipinski definition) is 2. The third-order valence-corrected chi connectivity index (χ3v) is 6.29. The minimum absolute atomic E-state index is 0.267. The predicted molar refractivity (Wildman–Crippen MR) is 111 cm³/mol. The number of hydrogen-bond acceptors (Lipinski definition) is 7. The van der Waals surface area contributed by atoms with Crippen molar-refractivity contribution in [2.75, 3.05) is 5.32 Å². The summed E-state index contributed by atoms with van der Waals surface area (Å²) in [5.74, 6) is -0.925. The van der Waals surface area contributed by atoms with Crippen LogP contribution in [0.5, 0.6) is 0 Å². The van der Waals surface area contributed by atoms with Crippen LogP contribution in [0.15, 0.2) is 24.7 Å². The topological polar surface area (TPSA) is 105 Å². The van der Waals surface area contributed by atoms with Crippen molar-refractivity contribution in [3.8, 4) is 11.1 Å². The zero-order chi connectivity index (χ0) is 21.0. The Bertz CT molecular complexity index is 1290. The monoisotopic (exact) mass is 426 g/mol. The first-order chi connectivity index (χ1) is 14.5. The molecule has 30 heavy (non-hydrogen) atoms. The maximum Gasteiger partial charge on any atom is 0.232 e. The zero-order valence-corrected chi connectivity index (χ0v) is 17.1. The molecule has 1 saturated carbocycles. The van der Waals surface area contributed by atoms with Crippen LogP contribution in [-0.4, -0.2) is 41.8 Å². The maximum absolute atomic E-state index is 13.2. The summed E-state index contributed by atoms with van der Waals surface area (Å²) in [6.45, 7) is 3.86. The average Bonchev–Trinajstić information content (AvgIpc) is 3.12. The summed E-state index contributed by atoms with van der Waals surface area (Å²) in [7, 11) is 0. The van der Waals surface area contributed by atoms with E-state index in [1.165, 1.54) is 17.7 Å². The van der Waals surface area contributed by atoms with E-state index in [0.717, 1.165) is 21.5 Å². The standard InChI is InChI=1S/C20H19FN6O2S/c1-3-16(28)14-4-9(2)12(7-22-14)10-6-15-19(27-17(10)23-8-24-27)30-20(25-15)26-18(29)11-5-13(11)21/h4,6-8,11,13,16,28H,3,5H2,1-2H3,(H,25,26,29)/t11-,13+,16-/m0/s1. The molecular formula is C20H19FN6O2S. The number of pyridine rings is 2. The lowest BCUT2D eigenvalue weighted by Gasteiger charge is -2.12. The molecule has 0 saturated heterocycles. The van der Waals surface area contributed by atoms with E-state index in [1.807, 2.05) is 26.0 Å². The summed E-state index contributed by atoms with van der Waals surface area (Å²) >= 11 is 1.27. The molecule has 4 aromatic heterocycles. The van der Waals surface area contributed by atoms with Gasteiger partial charge in [0, 0.05) is 17.3 Å². The molecule has 1 fully saturated rings. The van der Waals surface area contributed by atoms with Crippen molar-refractivity contribution in [1.29, 1.82) is 0 Å². The number of aliphatic hydroxyl groups excluding tert-OH is 1. The first-order valence-electron chi connectivity index (χ1n) is 9.69. The number of alkyl halides is 1. The number of amides is 1. The number of carbonyl (C=O) groups is 1. The number of halogens is 1.